The van der Waals surface area contributed by atoms with Crippen LogP contribution in [0.5, 0.6) is 5.75 Å². The van der Waals surface area contributed by atoms with E-state index >= 15 is 0 Å². The number of H-pyrrole nitrogens is 1. The van der Waals surface area contributed by atoms with Gasteiger partial charge in [0.2, 0.25) is 0 Å². The summed E-state index contributed by atoms with van der Waals surface area (Å²) in [6.07, 6.45) is 4.69. The van der Waals surface area contributed by atoms with Gasteiger partial charge in [-0.05, 0) is 12.1 Å². The van der Waals surface area contributed by atoms with Crippen LogP contribution in [0, 0.1) is 0 Å². The molecular weight excluding hydrogens is 332 g/mol. The first kappa shape index (κ1) is 17.2. The number of benzene rings is 1. The molecule has 1 heterocycles. The van der Waals surface area contributed by atoms with Crippen LogP contribution in [-0.4, -0.2) is 23.2 Å². The molecule has 8 nitrogen and oxygen atoms in total. The smallest absolute Gasteiger partial charge is 0.266 e. The van der Waals surface area contributed by atoms with Crippen LogP contribution in [0.15, 0.2) is 53.2 Å². The van der Waals surface area contributed by atoms with Crippen molar-refractivity contribution in [2.75, 3.05) is 12.4 Å². The number of rotatable bonds is 6. The Morgan fingerprint density at radius 2 is 2.12 bits per heavy atom. The van der Waals surface area contributed by atoms with Gasteiger partial charge in [0.05, 0.1) is 24.7 Å². The van der Waals surface area contributed by atoms with Crippen molar-refractivity contribution < 1.29 is 9.53 Å². The second-order valence-electron chi connectivity index (χ2n) is 4.72. The minimum atomic E-state index is -0.809. The van der Waals surface area contributed by atoms with Crippen molar-refractivity contribution in [1.82, 2.24) is 10.2 Å². The van der Waals surface area contributed by atoms with Gasteiger partial charge in [-0.25, -0.2) is 0 Å². The quantitative estimate of drug-likeness (QED) is 0.301. The maximum absolute atomic E-state index is 11.4. The number of carbonyl (C=O) groups is 1. The van der Waals surface area contributed by atoms with Crippen molar-refractivity contribution in [3.63, 3.8) is 0 Å². The van der Waals surface area contributed by atoms with Gasteiger partial charge >= 0.3 is 0 Å². The molecule has 0 saturated heterocycles. The molecular formula is C15H17ClN6O2. The molecule has 0 saturated carbocycles. The van der Waals surface area contributed by atoms with E-state index in [1.807, 2.05) is 6.07 Å². The van der Waals surface area contributed by atoms with E-state index in [9.17, 15) is 4.79 Å². The van der Waals surface area contributed by atoms with E-state index in [1.165, 1.54) is 13.2 Å². The van der Waals surface area contributed by atoms with Crippen molar-refractivity contribution in [3.05, 3.63) is 53.2 Å². The van der Waals surface area contributed by atoms with Crippen LogP contribution in [0.2, 0.25) is 0 Å². The van der Waals surface area contributed by atoms with Gasteiger partial charge in [-0.3, -0.25) is 9.89 Å². The molecule has 2 rings (SSSR count). The molecule has 0 bridgehead atoms. The van der Waals surface area contributed by atoms with Gasteiger partial charge in [-0.2, -0.15) is 5.10 Å². The molecule has 126 valence electrons. The highest BCUT2D eigenvalue weighted by atomic mass is 35.5. The number of aromatic nitrogens is 2. The molecule has 0 atom stereocenters. The number of nitrogens with one attached hydrogen (secondary N) is 2. The zero-order chi connectivity index (χ0) is 17.7. The number of hydrogen-bond donors (Lipinski definition) is 5. The predicted octanol–water partition coefficient (Wildman–Crippen LogP) is 1.19. The Kier molecular flexibility index (Phi) is 5.33. The van der Waals surface area contributed by atoms with Gasteiger partial charge in [0.1, 0.15) is 16.6 Å². The number of hydrogen-bond acceptors (Lipinski definition) is 6. The number of nitrogens with zero attached hydrogens (tertiary/aromatic N) is 1. The molecule has 2 aromatic rings. The van der Waals surface area contributed by atoms with Gasteiger partial charge < -0.3 is 27.3 Å². The fourth-order valence-corrected chi connectivity index (χ4v) is 2.19. The van der Waals surface area contributed by atoms with Crippen LogP contribution in [0.3, 0.4) is 0 Å². The van der Waals surface area contributed by atoms with Crippen LogP contribution in [0.4, 0.5) is 5.69 Å². The summed E-state index contributed by atoms with van der Waals surface area (Å²) < 4.78 is 5.48. The Labute approximate surface area is 143 Å². The van der Waals surface area contributed by atoms with Gasteiger partial charge in [0.15, 0.2) is 0 Å². The number of primary amides is 1. The average molecular weight is 349 g/mol. The highest BCUT2D eigenvalue weighted by Gasteiger charge is 2.14. The van der Waals surface area contributed by atoms with Gasteiger partial charge in [0.25, 0.3) is 5.91 Å². The van der Waals surface area contributed by atoms with Crippen LogP contribution < -0.4 is 27.3 Å². The number of allylic oxidation sites excluding steroid dienone is 1. The van der Waals surface area contributed by atoms with Crippen LogP contribution in [0.1, 0.15) is 0 Å². The van der Waals surface area contributed by atoms with E-state index in [0.29, 0.717) is 11.4 Å². The fourth-order valence-electron chi connectivity index (χ4n) is 2.08. The number of methoxy groups -OCH3 is 1. The molecule has 0 aliphatic carbocycles. The average Bonchev–Trinajstić information content (AvgIpc) is 3.07. The van der Waals surface area contributed by atoms with Crippen molar-refractivity contribution in [2.24, 2.45) is 17.2 Å². The first-order valence-corrected chi connectivity index (χ1v) is 7.17. The number of ether oxygens (including phenoxy) is 1. The van der Waals surface area contributed by atoms with Crippen molar-refractivity contribution in [3.8, 4) is 16.9 Å². The molecule has 1 amide bonds. The molecule has 0 radical (unpaired) electrons. The van der Waals surface area contributed by atoms with Gasteiger partial charge in [-0.15, -0.1) is 0 Å². The number of carbonyl (C=O) groups excluding carboxylic acids is 1. The summed E-state index contributed by atoms with van der Waals surface area (Å²) >= 11 is 5.69. The molecule has 0 fully saturated rings. The van der Waals surface area contributed by atoms with E-state index in [0.717, 1.165) is 11.1 Å². The summed E-state index contributed by atoms with van der Waals surface area (Å²) in [7, 11) is 1.52. The molecule has 8 N–H and O–H groups in total. The van der Waals surface area contributed by atoms with Crippen molar-refractivity contribution in [2.45, 2.75) is 0 Å². The molecule has 0 unspecified atom stereocenters. The normalized spacial score (nSPS) is 12.5. The second-order valence-corrected chi connectivity index (χ2v) is 5.16. The summed E-state index contributed by atoms with van der Waals surface area (Å²) in [6, 6.07) is 5.41. The topological polar surface area (TPSA) is 145 Å². The number of para-hydroxylation sites is 1. The predicted molar refractivity (Wildman–Crippen MR) is 92.7 cm³/mol. The lowest BCUT2D eigenvalue weighted by molar-refractivity contribution is -0.114. The monoisotopic (exact) mass is 348 g/mol. The second kappa shape index (κ2) is 7.42. The Bertz CT molecular complexity index is 794. The van der Waals surface area contributed by atoms with E-state index < -0.39 is 5.91 Å². The summed E-state index contributed by atoms with van der Waals surface area (Å²) in [5.41, 5.74) is 18.5. The van der Waals surface area contributed by atoms with Crippen molar-refractivity contribution >= 4 is 23.2 Å². The first-order chi connectivity index (χ1) is 11.4. The van der Waals surface area contributed by atoms with Crippen LogP contribution >= 0.6 is 11.6 Å². The first-order valence-electron chi connectivity index (χ1n) is 6.79. The molecule has 0 aliphatic rings. The number of amides is 1. The lowest BCUT2D eigenvalue weighted by Gasteiger charge is -2.16. The lowest BCUT2D eigenvalue weighted by Crippen LogP contribution is -2.24. The third-order valence-corrected chi connectivity index (χ3v) is 3.24. The number of aromatic amines is 1. The Morgan fingerprint density at radius 1 is 1.38 bits per heavy atom. The molecule has 9 heteroatoms. The Morgan fingerprint density at radius 3 is 2.67 bits per heavy atom. The lowest BCUT2D eigenvalue weighted by atomic mass is 10.1. The molecule has 24 heavy (non-hydrogen) atoms. The van der Waals surface area contributed by atoms with E-state index in [2.05, 4.69) is 15.5 Å². The summed E-state index contributed by atoms with van der Waals surface area (Å²) in [5.74, 6) is -0.285. The maximum atomic E-state index is 11.4. The van der Waals surface area contributed by atoms with Crippen LogP contribution in [0.25, 0.3) is 11.1 Å². The highest BCUT2D eigenvalue weighted by Crippen LogP contribution is 2.36. The largest absolute Gasteiger partial charge is 0.494 e. The molecule has 0 spiro atoms. The van der Waals surface area contributed by atoms with E-state index in [-0.39, 0.29) is 16.6 Å². The fraction of sp³-hybridized carbons (Fsp3) is 0.0667. The summed E-state index contributed by atoms with van der Waals surface area (Å²) in [5, 5.41) is 9.57. The molecule has 1 aromatic heterocycles. The Balaban J connectivity index is 2.52. The SMILES string of the molecule is COc1c(NC(/C=C(\N)Cl)=C(/N)C(N)=O)cccc1-c1cn[nH]c1. The number of anilines is 1. The minimum Gasteiger partial charge on any atom is -0.494 e. The van der Waals surface area contributed by atoms with E-state index in [1.54, 1.807) is 24.5 Å². The third-order valence-electron chi connectivity index (χ3n) is 3.14. The van der Waals surface area contributed by atoms with Crippen LogP contribution in [-0.2, 0) is 4.79 Å². The summed E-state index contributed by atoms with van der Waals surface area (Å²) in [4.78, 5) is 11.4. The minimum absolute atomic E-state index is 0.0633. The molecule has 0 aliphatic heterocycles. The van der Waals surface area contributed by atoms with Crippen molar-refractivity contribution in [1.29, 1.82) is 0 Å². The maximum Gasteiger partial charge on any atom is 0.266 e. The number of nitrogens with two attached hydrogens (primary N) is 3. The zero-order valence-electron chi connectivity index (χ0n) is 12.8. The summed E-state index contributed by atoms with van der Waals surface area (Å²) in [6.45, 7) is 0. The van der Waals surface area contributed by atoms with E-state index in [4.69, 9.17) is 33.5 Å². The third kappa shape index (κ3) is 3.79. The molecule has 1 aromatic carbocycles. The van der Waals surface area contributed by atoms with Gasteiger partial charge in [0, 0.05) is 17.3 Å². The zero-order valence-corrected chi connectivity index (χ0v) is 13.6. The van der Waals surface area contributed by atoms with Gasteiger partial charge in [-0.1, -0.05) is 23.7 Å². The highest BCUT2D eigenvalue weighted by molar-refractivity contribution is 6.29. The number of halogens is 1. The standard InChI is InChI=1S/C15H17ClN6O2/c1-24-14-9(8-6-20-21-7-8)3-2-4-10(14)22-11(5-12(16)17)13(18)15(19)23/h2-7,22H,17-18H2,1H3,(H2,19,23)(H,20,21)/b12-5-,13-11+. The Hall–Kier alpha value is -3.13.